The summed E-state index contributed by atoms with van der Waals surface area (Å²) in [5.41, 5.74) is 0. The molecule has 6 nitrogen and oxygen atoms in total. The van der Waals surface area contributed by atoms with Crippen molar-refractivity contribution in [3.63, 3.8) is 0 Å². The van der Waals surface area contributed by atoms with E-state index in [2.05, 4.69) is 6.92 Å². The van der Waals surface area contributed by atoms with Gasteiger partial charge in [-0.3, -0.25) is 9.59 Å². The van der Waals surface area contributed by atoms with E-state index in [1.54, 1.807) is 0 Å². The summed E-state index contributed by atoms with van der Waals surface area (Å²) >= 11 is 0. The molecule has 0 atom stereocenters. The van der Waals surface area contributed by atoms with Crippen LogP contribution in [0.4, 0.5) is 0 Å². The number of carbonyl (C=O) groups is 2. The molecule has 0 amide bonds. The maximum Gasteiger partial charge on any atom is 0.305 e. The molecule has 160 valence electrons. The van der Waals surface area contributed by atoms with Crippen molar-refractivity contribution >= 4 is 11.9 Å². The van der Waals surface area contributed by atoms with Crippen LogP contribution in [0.3, 0.4) is 0 Å². The summed E-state index contributed by atoms with van der Waals surface area (Å²) in [5.74, 6) is -0.837. The molecule has 0 fully saturated rings. The maximum absolute atomic E-state index is 11.6. The molecule has 0 aromatic heterocycles. The van der Waals surface area contributed by atoms with Crippen LogP contribution in [0.2, 0.25) is 0 Å². The van der Waals surface area contributed by atoms with Crippen molar-refractivity contribution in [2.75, 3.05) is 26.4 Å². The van der Waals surface area contributed by atoms with Gasteiger partial charge in [-0.2, -0.15) is 0 Å². The van der Waals surface area contributed by atoms with Crippen molar-refractivity contribution in [2.45, 2.75) is 90.4 Å². The van der Waals surface area contributed by atoms with E-state index < -0.39 is 5.92 Å². The third-order valence-electron chi connectivity index (χ3n) is 4.52. The summed E-state index contributed by atoms with van der Waals surface area (Å²) in [6.45, 7) is 2.40. The normalized spacial score (nSPS) is 11.0. The predicted octanol–water partition coefficient (Wildman–Crippen LogP) is 3.76. The molecule has 0 bridgehead atoms. The Bertz CT molecular complexity index is 355. The molecule has 0 aromatic carbocycles. The molecule has 0 aliphatic carbocycles. The van der Waals surface area contributed by atoms with Gasteiger partial charge in [-0.1, -0.05) is 58.3 Å². The van der Waals surface area contributed by atoms with Gasteiger partial charge in [0, 0.05) is 18.8 Å². The maximum atomic E-state index is 11.6. The van der Waals surface area contributed by atoms with E-state index in [0.29, 0.717) is 19.4 Å². The predicted molar refractivity (Wildman–Crippen MR) is 105 cm³/mol. The average molecular weight is 389 g/mol. The molecule has 27 heavy (non-hydrogen) atoms. The van der Waals surface area contributed by atoms with E-state index in [-0.39, 0.29) is 31.8 Å². The zero-order chi connectivity index (χ0) is 20.2. The molecular formula is C21H40O6. The standard InChI is InChI=1S/C21H40O6/c1-2-3-4-5-6-9-12-15-26-20(24)13-10-7-8-11-14-21(25)27-18-19(16-22)17-23/h19,22-23H,2-18H2,1H3. The third-order valence-corrected chi connectivity index (χ3v) is 4.52. The minimum Gasteiger partial charge on any atom is -0.466 e. The Morgan fingerprint density at radius 2 is 1.19 bits per heavy atom. The molecule has 0 aliphatic heterocycles. The van der Waals surface area contributed by atoms with Crippen LogP contribution in [0.25, 0.3) is 0 Å². The summed E-state index contributed by atoms with van der Waals surface area (Å²) < 4.78 is 10.2. The molecule has 2 N–H and O–H groups in total. The third kappa shape index (κ3) is 18.0. The first kappa shape index (κ1) is 25.9. The van der Waals surface area contributed by atoms with Crippen LogP contribution in [0.15, 0.2) is 0 Å². The number of unbranched alkanes of at least 4 members (excludes halogenated alkanes) is 9. The number of rotatable bonds is 19. The Balaban J connectivity index is 3.37. The van der Waals surface area contributed by atoms with Gasteiger partial charge in [-0.25, -0.2) is 0 Å². The molecule has 0 rings (SSSR count). The van der Waals surface area contributed by atoms with Gasteiger partial charge in [0.15, 0.2) is 0 Å². The molecular weight excluding hydrogens is 348 g/mol. The van der Waals surface area contributed by atoms with Gasteiger partial charge < -0.3 is 19.7 Å². The Morgan fingerprint density at radius 1 is 0.704 bits per heavy atom. The molecule has 0 saturated heterocycles. The molecule has 6 heteroatoms. The number of aliphatic hydroxyl groups excluding tert-OH is 2. The quantitative estimate of drug-likeness (QED) is 0.258. The first-order chi connectivity index (χ1) is 13.1. The second kappa shape index (κ2) is 19.6. The number of aliphatic hydroxyl groups is 2. The number of hydrogen-bond acceptors (Lipinski definition) is 6. The van der Waals surface area contributed by atoms with Crippen molar-refractivity contribution in [1.29, 1.82) is 0 Å². The number of carbonyl (C=O) groups excluding carboxylic acids is 2. The lowest BCUT2D eigenvalue weighted by Crippen LogP contribution is -2.20. The fourth-order valence-corrected chi connectivity index (χ4v) is 2.66. The molecule has 0 aliphatic rings. The second-order valence-electron chi connectivity index (χ2n) is 7.17. The van der Waals surface area contributed by atoms with Crippen LogP contribution >= 0.6 is 0 Å². The summed E-state index contributed by atoms with van der Waals surface area (Å²) in [6.07, 6.45) is 12.5. The fourth-order valence-electron chi connectivity index (χ4n) is 2.66. The van der Waals surface area contributed by atoms with Crippen LogP contribution in [0.1, 0.15) is 90.4 Å². The van der Waals surface area contributed by atoms with Crippen molar-refractivity contribution < 1.29 is 29.3 Å². The molecule has 0 radical (unpaired) electrons. The van der Waals surface area contributed by atoms with Crippen LogP contribution < -0.4 is 0 Å². The highest BCUT2D eigenvalue weighted by molar-refractivity contribution is 5.69. The van der Waals surface area contributed by atoms with E-state index in [4.69, 9.17) is 19.7 Å². The fraction of sp³-hybridized carbons (Fsp3) is 0.905. The van der Waals surface area contributed by atoms with E-state index in [1.807, 2.05) is 0 Å². The first-order valence-corrected chi connectivity index (χ1v) is 10.7. The average Bonchev–Trinajstić information content (AvgIpc) is 2.67. The number of esters is 2. The smallest absolute Gasteiger partial charge is 0.305 e. The Morgan fingerprint density at radius 3 is 1.74 bits per heavy atom. The Labute approximate surface area is 164 Å². The number of hydrogen-bond donors (Lipinski definition) is 2. The lowest BCUT2D eigenvalue weighted by molar-refractivity contribution is -0.146. The lowest BCUT2D eigenvalue weighted by atomic mass is 10.1. The van der Waals surface area contributed by atoms with Crippen molar-refractivity contribution in [2.24, 2.45) is 5.92 Å². The lowest BCUT2D eigenvalue weighted by Gasteiger charge is -2.11. The van der Waals surface area contributed by atoms with Gasteiger partial charge in [0.05, 0.1) is 26.4 Å². The first-order valence-electron chi connectivity index (χ1n) is 10.7. The molecule has 0 saturated carbocycles. The monoisotopic (exact) mass is 388 g/mol. The van der Waals surface area contributed by atoms with Crippen molar-refractivity contribution in [3.05, 3.63) is 0 Å². The van der Waals surface area contributed by atoms with Crippen molar-refractivity contribution in [1.82, 2.24) is 0 Å². The Kier molecular flexibility index (Phi) is 18.8. The van der Waals surface area contributed by atoms with E-state index in [0.717, 1.165) is 38.5 Å². The number of ether oxygens (including phenoxy) is 2. The zero-order valence-electron chi connectivity index (χ0n) is 17.1. The summed E-state index contributed by atoms with van der Waals surface area (Å²) in [6, 6.07) is 0. The topological polar surface area (TPSA) is 93.1 Å². The van der Waals surface area contributed by atoms with Crippen LogP contribution in [-0.4, -0.2) is 48.6 Å². The minimum absolute atomic E-state index is 0.0520. The summed E-state index contributed by atoms with van der Waals surface area (Å²) in [4.78, 5) is 23.1. The molecule has 0 unspecified atom stereocenters. The largest absolute Gasteiger partial charge is 0.466 e. The van der Waals surface area contributed by atoms with Crippen LogP contribution in [-0.2, 0) is 19.1 Å². The highest BCUT2D eigenvalue weighted by Gasteiger charge is 2.10. The van der Waals surface area contributed by atoms with Gasteiger partial charge in [0.25, 0.3) is 0 Å². The van der Waals surface area contributed by atoms with Crippen molar-refractivity contribution in [3.8, 4) is 0 Å². The molecule has 0 aromatic rings. The highest BCUT2D eigenvalue weighted by Crippen LogP contribution is 2.09. The SMILES string of the molecule is CCCCCCCCCOC(=O)CCCCCCC(=O)OCC(CO)CO. The van der Waals surface area contributed by atoms with Gasteiger partial charge in [-0.15, -0.1) is 0 Å². The zero-order valence-corrected chi connectivity index (χ0v) is 17.1. The second-order valence-corrected chi connectivity index (χ2v) is 7.17. The van der Waals surface area contributed by atoms with Gasteiger partial charge in [0.2, 0.25) is 0 Å². The summed E-state index contributed by atoms with van der Waals surface area (Å²) in [5, 5.41) is 17.8. The highest BCUT2D eigenvalue weighted by atomic mass is 16.5. The van der Waals surface area contributed by atoms with Gasteiger partial charge in [0.1, 0.15) is 0 Å². The van der Waals surface area contributed by atoms with Crippen LogP contribution in [0.5, 0.6) is 0 Å². The van der Waals surface area contributed by atoms with Gasteiger partial charge >= 0.3 is 11.9 Å². The molecule has 0 spiro atoms. The molecule has 0 heterocycles. The van der Waals surface area contributed by atoms with Crippen LogP contribution in [0, 0.1) is 5.92 Å². The van der Waals surface area contributed by atoms with E-state index in [9.17, 15) is 9.59 Å². The summed E-state index contributed by atoms with van der Waals surface area (Å²) in [7, 11) is 0. The van der Waals surface area contributed by atoms with E-state index in [1.165, 1.54) is 32.1 Å². The minimum atomic E-state index is -0.402. The Hall–Kier alpha value is -1.14. The van der Waals surface area contributed by atoms with Gasteiger partial charge in [-0.05, 0) is 19.3 Å². The van der Waals surface area contributed by atoms with E-state index >= 15 is 0 Å².